The highest BCUT2D eigenvalue weighted by atomic mass is 16.5. The smallest absolute Gasteiger partial charge is 0.0880 e. The zero-order valence-corrected chi connectivity index (χ0v) is 10.3. The highest BCUT2D eigenvalue weighted by Crippen LogP contribution is 2.32. The summed E-state index contributed by atoms with van der Waals surface area (Å²) in [6, 6.07) is 0. The SMILES string of the molecule is CCCC1CCCC(O)(COCC)CC1. The summed E-state index contributed by atoms with van der Waals surface area (Å²) in [7, 11) is 0. The summed E-state index contributed by atoms with van der Waals surface area (Å²) in [4.78, 5) is 0. The van der Waals surface area contributed by atoms with E-state index in [2.05, 4.69) is 6.92 Å². The second-order valence-electron chi connectivity index (χ2n) is 4.95. The van der Waals surface area contributed by atoms with Gasteiger partial charge in [0.05, 0.1) is 12.2 Å². The molecule has 1 aliphatic carbocycles. The Morgan fingerprint density at radius 1 is 1.27 bits per heavy atom. The van der Waals surface area contributed by atoms with Crippen LogP contribution in [0.4, 0.5) is 0 Å². The van der Waals surface area contributed by atoms with Gasteiger partial charge < -0.3 is 9.84 Å². The molecule has 2 unspecified atom stereocenters. The van der Waals surface area contributed by atoms with Crippen molar-refractivity contribution in [2.75, 3.05) is 13.2 Å². The molecule has 1 rings (SSSR count). The Bertz CT molecular complexity index is 170. The molecule has 2 nitrogen and oxygen atoms in total. The Labute approximate surface area is 94.0 Å². The molecule has 0 aliphatic heterocycles. The van der Waals surface area contributed by atoms with E-state index in [1.54, 1.807) is 0 Å². The molecule has 0 bridgehead atoms. The average Bonchev–Trinajstić information content (AvgIpc) is 2.40. The molecule has 90 valence electrons. The first-order chi connectivity index (χ1) is 7.20. The van der Waals surface area contributed by atoms with Gasteiger partial charge >= 0.3 is 0 Å². The highest BCUT2D eigenvalue weighted by molar-refractivity contribution is 4.83. The van der Waals surface area contributed by atoms with Crippen molar-refractivity contribution in [3.63, 3.8) is 0 Å². The van der Waals surface area contributed by atoms with E-state index < -0.39 is 5.60 Å². The van der Waals surface area contributed by atoms with E-state index in [4.69, 9.17) is 4.74 Å². The predicted octanol–water partition coefficient (Wildman–Crippen LogP) is 3.13. The molecule has 15 heavy (non-hydrogen) atoms. The van der Waals surface area contributed by atoms with Crippen LogP contribution in [0.1, 0.15) is 58.8 Å². The largest absolute Gasteiger partial charge is 0.387 e. The van der Waals surface area contributed by atoms with Crippen molar-refractivity contribution >= 4 is 0 Å². The molecule has 0 spiro atoms. The summed E-state index contributed by atoms with van der Waals surface area (Å²) in [5.74, 6) is 0.839. The van der Waals surface area contributed by atoms with Gasteiger partial charge in [-0.3, -0.25) is 0 Å². The fourth-order valence-electron chi connectivity index (χ4n) is 2.60. The van der Waals surface area contributed by atoms with E-state index in [-0.39, 0.29) is 0 Å². The van der Waals surface area contributed by atoms with Crippen molar-refractivity contribution in [1.82, 2.24) is 0 Å². The molecule has 1 aliphatic rings. The van der Waals surface area contributed by atoms with Crippen LogP contribution < -0.4 is 0 Å². The predicted molar refractivity (Wildman–Crippen MR) is 62.9 cm³/mol. The molecule has 0 aromatic heterocycles. The van der Waals surface area contributed by atoms with Gasteiger partial charge in [0, 0.05) is 6.61 Å². The number of aliphatic hydroxyl groups is 1. The van der Waals surface area contributed by atoms with Crippen LogP contribution in [0.15, 0.2) is 0 Å². The van der Waals surface area contributed by atoms with Gasteiger partial charge in [-0.2, -0.15) is 0 Å². The molecule has 0 radical (unpaired) electrons. The van der Waals surface area contributed by atoms with Crippen LogP contribution in [-0.4, -0.2) is 23.9 Å². The Kier molecular flexibility index (Phi) is 5.62. The lowest BCUT2D eigenvalue weighted by Gasteiger charge is -2.26. The summed E-state index contributed by atoms with van der Waals surface area (Å²) in [5, 5.41) is 10.3. The van der Waals surface area contributed by atoms with E-state index in [1.807, 2.05) is 6.92 Å². The van der Waals surface area contributed by atoms with Gasteiger partial charge in [0.15, 0.2) is 0 Å². The van der Waals surface area contributed by atoms with Crippen molar-refractivity contribution in [3.05, 3.63) is 0 Å². The first-order valence-electron chi connectivity index (χ1n) is 6.50. The van der Waals surface area contributed by atoms with Crippen LogP contribution in [0.25, 0.3) is 0 Å². The Morgan fingerprint density at radius 2 is 2.07 bits per heavy atom. The topological polar surface area (TPSA) is 29.5 Å². The Hall–Kier alpha value is -0.0800. The maximum Gasteiger partial charge on any atom is 0.0880 e. The zero-order chi connectivity index (χ0) is 11.1. The van der Waals surface area contributed by atoms with E-state index in [9.17, 15) is 5.11 Å². The molecule has 2 heteroatoms. The third kappa shape index (κ3) is 4.52. The quantitative estimate of drug-likeness (QED) is 0.712. The minimum atomic E-state index is -0.529. The molecule has 1 fully saturated rings. The van der Waals surface area contributed by atoms with Crippen LogP contribution in [0, 0.1) is 5.92 Å². The first-order valence-corrected chi connectivity index (χ1v) is 6.50. The maximum atomic E-state index is 10.3. The van der Waals surface area contributed by atoms with Gasteiger partial charge in [0.25, 0.3) is 0 Å². The number of hydrogen-bond acceptors (Lipinski definition) is 2. The van der Waals surface area contributed by atoms with Gasteiger partial charge in [0.2, 0.25) is 0 Å². The maximum absolute atomic E-state index is 10.3. The average molecular weight is 214 g/mol. The molecule has 0 heterocycles. The monoisotopic (exact) mass is 214 g/mol. The summed E-state index contributed by atoms with van der Waals surface area (Å²) < 4.78 is 5.38. The van der Waals surface area contributed by atoms with Gasteiger partial charge in [-0.1, -0.05) is 32.6 Å². The first kappa shape index (κ1) is 13.0. The zero-order valence-electron chi connectivity index (χ0n) is 10.3. The van der Waals surface area contributed by atoms with Crippen molar-refractivity contribution < 1.29 is 9.84 Å². The lowest BCUT2D eigenvalue weighted by Crippen LogP contribution is -2.33. The van der Waals surface area contributed by atoms with Crippen LogP contribution in [0.5, 0.6) is 0 Å². The fraction of sp³-hybridized carbons (Fsp3) is 1.00. The molecule has 2 atom stereocenters. The number of rotatable bonds is 5. The van der Waals surface area contributed by atoms with Crippen LogP contribution in [0.2, 0.25) is 0 Å². The van der Waals surface area contributed by atoms with Crippen LogP contribution >= 0.6 is 0 Å². The van der Waals surface area contributed by atoms with Gasteiger partial charge in [0.1, 0.15) is 0 Å². The minimum absolute atomic E-state index is 0.529. The molecule has 0 saturated heterocycles. The van der Waals surface area contributed by atoms with E-state index >= 15 is 0 Å². The molecule has 1 N–H and O–H groups in total. The molecule has 0 aromatic carbocycles. The van der Waals surface area contributed by atoms with Crippen molar-refractivity contribution in [2.24, 2.45) is 5.92 Å². The number of hydrogen-bond donors (Lipinski definition) is 1. The standard InChI is InChI=1S/C13H26O2/c1-3-6-12-7-5-9-13(14,10-8-12)11-15-4-2/h12,14H,3-11H2,1-2H3. The lowest BCUT2D eigenvalue weighted by atomic mass is 9.93. The summed E-state index contributed by atoms with van der Waals surface area (Å²) in [6.45, 7) is 5.47. The summed E-state index contributed by atoms with van der Waals surface area (Å²) in [5.41, 5.74) is -0.529. The third-order valence-corrected chi connectivity index (χ3v) is 3.54. The Morgan fingerprint density at radius 3 is 2.73 bits per heavy atom. The minimum Gasteiger partial charge on any atom is -0.387 e. The van der Waals surface area contributed by atoms with Crippen LogP contribution in [-0.2, 0) is 4.74 Å². The Balaban J connectivity index is 2.36. The molecule has 1 saturated carbocycles. The second kappa shape index (κ2) is 6.49. The normalized spacial score (nSPS) is 32.6. The lowest BCUT2D eigenvalue weighted by molar-refractivity contribution is -0.0534. The molecular weight excluding hydrogens is 188 g/mol. The number of ether oxygens (including phenoxy) is 1. The van der Waals surface area contributed by atoms with Crippen molar-refractivity contribution in [1.29, 1.82) is 0 Å². The van der Waals surface area contributed by atoms with Gasteiger partial charge in [-0.25, -0.2) is 0 Å². The van der Waals surface area contributed by atoms with Crippen molar-refractivity contribution in [2.45, 2.75) is 64.4 Å². The van der Waals surface area contributed by atoms with Gasteiger partial charge in [-0.15, -0.1) is 0 Å². The summed E-state index contributed by atoms with van der Waals surface area (Å²) in [6.07, 6.45) is 8.08. The molecule has 0 aromatic rings. The third-order valence-electron chi connectivity index (χ3n) is 3.54. The van der Waals surface area contributed by atoms with E-state index in [0.717, 1.165) is 25.2 Å². The van der Waals surface area contributed by atoms with Crippen LogP contribution in [0.3, 0.4) is 0 Å². The molecular formula is C13H26O2. The van der Waals surface area contributed by atoms with Crippen molar-refractivity contribution in [3.8, 4) is 0 Å². The molecule has 0 amide bonds. The van der Waals surface area contributed by atoms with E-state index in [0.29, 0.717) is 13.2 Å². The summed E-state index contributed by atoms with van der Waals surface area (Å²) >= 11 is 0. The second-order valence-corrected chi connectivity index (χ2v) is 4.95. The highest BCUT2D eigenvalue weighted by Gasteiger charge is 2.30. The van der Waals surface area contributed by atoms with Gasteiger partial charge in [-0.05, 0) is 32.1 Å². The fourth-order valence-corrected chi connectivity index (χ4v) is 2.60. The van der Waals surface area contributed by atoms with E-state index in [1.165, 1.54) is 25.7 Å².